The van der Waals surface area contributed by atoms with Crippen molar-refractivity contribution >= 4 is 17.2 Å². The standard InChI is InChI=1S/C15H16N2OS/c1-9-4-5-10(2)14(11(9)3)18-12-6-7-13(15(16)19)17-8-12/h4-8H,1-3H3,(H2,16,19). The second kappa shape index (κ2) is 5.36. The maximum Gasteiger partial charge on any atom is 0.145 e. The van der Waals surface area contributed by atoms with Crippen molar-refractivity contribution in [3.8, 4) is 11.5 Å². The summed E-state index contributed by atoms with van der Waals surface area (Å²) in [7, 11) is 0. The molecular weight excluding hydrogens is 256 g/mol. The van der Waals surface area contributed by atoms with Crippen molar-refractivity contribution in [3.63, 3.8) is 0 Å². The average Bonchev–Trinajstić information content (AvgIpc) is 2.40. The van der Waals surface area contributed by atoms with Crippen LogP contribution in [0.5, 0.6) is 11.5 Å². The molecule has 19 heavy (non-hydrogen) atoms. The summed E-state index contributed by atoms with van der Waals surface area (Å²) < 4.78 is 5.91. The predicted octanol–water partition coefficient (Wildman–Crippen LogP) is 3.43. The average molecular weight is 272 g/mol. The van der Waals surface area contributed by atoms with Crippen LogP contribution in [-0.2, 0) is 0 Å². The van der Waals surface area contributed by atoms with E-state index in [4.69, 9.17) is 22.7 Å². The summed E-state index contributed by atoms with van der Waals surface area (Å²) in [6.07, 6.45) is 1.63. The van der Waals surface area contributed by atoms with Gasteiger partial charge in [0.1, 0.15) is 16.5 Å². The van der Waals surface area contributed by atoms with Crippen LogP contribution in [0.2, 0.25) is 0 Å². The van der Waals surface area contributed by atoms with Crippen LogP contribution >= 0.6 is 12.2 Å². The highest BCUT2D eigenvalue weighted by Gasteiger charge is 2.08. The molecule has 1 aromatic carbocycles. The molecule has 0 unspecified atom stereocenters. The number of thiocarbonyl (C=S) groups is 1. The molecule has 2 rings (SSSR count). The van der Waals surface area contributed by atoms with Gasteiger partial charge in [0, 0.05) is 0 Å². The number of rotatable bonds is 3. The zero-order valence-electron chi connectivity index (χ0n) is 11.2. The molecule has 0 spiro atoms. The van der Waals surface area contributed by atoms with Gasteiger partial charge in [-0.1, -0.05) is 24.4 Å². The van der Waals surface area contributed by atoms with Gasteiger partial charge < -0.3 is 10.5 Å². The van der Waals surface area contributed by atoms with Crippen molar-refractivity contribution in [1.29, 1.82) is 0 Å². The number of ether oxygens (including phenoxy) is 1. The lowest BCUT2D eigenvalue weighted by Crippen LogP contribution is -2.11. The molecule has 1 aromatic heterocycles. The first-order valence-electron chi connectivity index (χ1n) is 5.99. The monoisotopic (exact) mass is 272 g/mol. The summed E-state index contributed by atoms with van der Waals surface area (Å²) in [5, 5.41) is 0. The van der Waals surface area contributed by atoms with E-state index in [9.17, 15) is 0 Å². The van der Waals surface area contributed by atoms with E-state index in [-0.39, 0.29) is 4.99 Å². The van der Waals surface area contributed by atoms with Gasteiger partial charge in [-0.15, -0.1) is 0 Å². The summed E-state index contributed by atoms with van der Waals surface area (Å²) >= 11 is 4.87. The highest BCUT2D eigenvalue weighted by molar-refractivity contribution is 7.80. The van der Waals surface area contributed by atoms with Gasteiger partial charge in [0.2, 0.25) is 0 Å². The molecule has 0 bridgehead atoms. The molecule has 0 saturated heterocycles. The van der Waals surface area contributed by atoms with Crippen LogP contribution in [0.4, 0.5) is 0 Å². The number of nitrogens with zero attached hydrogens (tertiary/aromatic N) is 1. The first-order chi connectivity index (χ1) is 8.99. The Morgan fingerprint density at radius 1 is 1.11 bits per heavy atom. The van der Waals surface area contributed by atoms with Gasteiger partial charge in [-0.2, -0.15) is 0 Å². The minimum absolute atomic E-state index is 0.287. The van der Waals surface area contributed by atoms with Gasteiger partial charge in [0.25, 0.3) is 0 Å². The molecule has 3 nitrogen and oxygen atoms in total. The molecule has 0 aliphatic heterocycles. The second-order valence-corrected chi connectivity index (χ2v) is 4.94. The Bertz CT molecular complexity index is 621. The number of nitrogens with two attached hydrogens (primary N) is 1. The maximum atomic E-state index is 5.91. The Hall–Kier alpha value is -1.94. The van der Waals surface area contributed by atoms with Gasteiger partial charge in [-0.05, 0) is 49.6 Å². The van der Waals surface area contributed by atoms with Crippen LogP contribution in [0, 0.1) is 20.8 Å². The lowest BCUT2D eigenvalue weighted by molar-refractivity contribution is 0.472. The third-order valence-corrected chi connectivity index (χ3v) is 3.29. The van der Waals surface area contributed by atoms with E-state index in [0.29, 0.717) is 11.4 Å². The summed E-state index contributed by atoms with van der Waals surface area (Å²) in [5.41, 5.74) is 9.55. The fourth-order valence-corrected chi connectivity index (χ4v) is 1.91. The fraction of sp³-hybridized carbons (Fsp3) is 0.200. The number of aryl methyl sites for hydroxylation is 2. The number of aromatic nitrogens is 1. The van der Waals surface area contributed by atoms with E-state index in [2.05, 4.69) is 31.0 Å². The smallest absolute Gasteiger partial charge is 0.145 e. The number of benzene rings is 1. The third kappa shape index (κ3) is 2.90. The molecule has 0 amide bonds. The van der Waals surface area contributed by atoms with E-state index in [1.807, 2.05) is 13.0 Å². The third-order valence-electron chi connectivity index (χ3n) is 3.08. The van der Waals surface area contributed by atoms with E-state index in [1.54, 1.807) is 12.3 Å². The second-order valence-electron chi connectivity index (χ2n) is 4.50. The Balaban J connectivity index is 2.31. The molecule has 0 fully saturated rings. The van der Waals surface area contributed by atoms with Gasteiger partial charge in [-0.25, -0.2) is 4.98 Å². The first-order valence-corrected chi connectivity index (χ1v) is 6.40. The largest absolute Gasteiger partial charge is 0.455 e. The zero-order valence-corrected chi connectivity index (χ0v) is 12.0. The van der Waals surface area contributed by atoms with Crippen molar-refractivity contribution in [2.24, 2.45) is 5.73 Å². The van der Waals surface area contributed by atoms with Crippen molar-refractivity contribution in [3.05, 3.63) is 52.8 Å². The van der Waals surface area contributed by atoms with E-state index < -0.39 is 0 Å². The molecule has 4 heteroatoms. The van der Waals surface area contributed by atoms with Crippen LogP contribution < -0.4 is 10.5 Å². The summed E-state index contributed by atoms with van der Waals surface area (Å²) in [5.74, 6) is 1.56. The minimum atomic E-state index is 0.287. The maximum absolute atomic E-state index is 5.91. The summed E-state index contributed by atoms with van der Waals surface area (Å²) in [6, 6.07) is 7.72. The van der Waals surface area contributed by atoms with E-state index in [0.717, 1.165) is 16.9 Å². The van der Waals surface area contributed by atoms with Crippen LogP contribution in [0.1, 0.15) is 22.4 Å². The number of pyridine rings is 1. The van der Waals surface area contributed by atoms with Crippen LogP contribution in [0.15, 0.2) is 30.5 Å². The van der Waals surface area contributed by atoms with Gasteiger partial charge in [-0.3, -0.25) is 0 Å². The molecule has 0 radical (unpaired) electrons. The van der Waals surface area contributed by atoms with Crippen molar-refractivity contribution in [1.82, 2.24) is 4.98 Å². The highest BCUT2D eigenvalue weighted by Crippen LogP contribution is 2.30. The van der Waals surface area contributed by atoms with Gasteiger partial charge >= 0.3 is 0 Å². The molecule has 0 aliphatic carbocycles. The Morgan fingerprint density at radius 2 is 1.79 bits per heavy atom. The van der Waals surface area contributed by atoms with Gasteiger partial charge in [0.05, 0.1) is 11.9 Å². The van der Waals surface area contributed by atoms with Crippen LogP contribution in [0.25, 0.3) is 0 Å². The number of hydrogen-bond acceptors (Lipinski definition) is 3. The van der Waals surface area contributed by atoms with Crippen molar-refractivity contribution in [2.75, 3.05) is 0 Å². The lowest BCUT2D eigenvalue weighted by Gasteiger charge is -2.13. The van der Waals surface area contributed by atoms with Gasteiger partial charge in [0.15, 0.2) is 0 Å². The predicted molar refractivity (Wildman–Crippen MR) is 80.9 cm³/mol. The molecule has 0 aliphatic rings. The topological polar surface area (TPSA) is 48.1 Å². The molecular formula is C15H16N2OS. The fourth-order valence-electron chi connectivity index (χ4n) is 1.79. The lowest BCUT2D eigenvalue weighted by atomic mass is 10.1. The Kier molecular flexibility index (Phi) is 3.81. The quantitative estimate of drug-likeness (QED) is 0.870. The minimum Gasteiger partial charge on any atom is -0.455 e. The molecule has 2 aromatic rings. The normalized spacial score (nSPS) is 10.3. The Morgan fingerprint density at radius 3 is 2.37 bits per heavy atom. The molecule has 0 atom stereocenters. The van der Waals surface area contributed by atoms with Crippen molar-refractivity contribution < 1.29 is 4.74 Å². The molecule has 98 valence electrons. The zero-order chi connectivity index (χ0) is 14.0. The van der Waals surface area contributed by atoms with Crippen LogP contribution in [0.3, 0.4) is 0 Å². The van der Waals surface area contributed by atoms with Crippen molar-refractivity contribution in [2.45, 2.75) is 20.8 Å². The first kappa shape index (κ1) is 13.5. The SMILES string of the molecule is Cc1ccc(C)c(Oc2ccc(C(N)=S)nc2)c1C. The molecule has 1 heterocycles. The highest BCUT2D eigenvalue weighted by atomic mass is 32.1. The summed E-state index contributed by atoms with van der Waals surface area (Å²) in [4.78, 5) is 4.45. The van der Waals surface area contributed by atoms with E-state index in [1.165, 1.54) is 5.56 Å². The summed E-state index contributed by atoms with van der Waals surface area (Å²) in [6.45, 7) is 6.14. The molecule has 0 saturated carbocycles. The van der Waals surface area contributed by atoms with E-state index >= 15 is 0 Å². The molecule has 2 N–H and O–H groups in total. The number of hydrogen-bond donors (Lipinski definition) is 1. The Labute approximate surface area is 118 Å². The van der Waals surface area contributed by atoms with Crippen LogP contribution in [-0.4, -0.2) is 9.97 Å².